The summed E-state index contributed by atoms with van der Waals surface area (Å²) in [6.07, 6.45) is 1.43. The molecule has 0 bridgehead atoms. The van der Waals surface area contributed by atoms with Crippen molar-refractivity contribution in [1.82, 2.24) is 0 Å². The second kappa shape index (κ2) is 6.57. The van der Waals surface area contributed by atoms with Crippen LogP contribution >= 0.6 is 0 Å². The van der Waals surface area contributed by atoms with Crippen molar-refractivity contribution in [3.63, 3.8) is 0 Å². The van der Waals surface area contributed by atoms with Gasteiger partial charge in [-0.15, -0.1) is 0 Å². The predicted molar refractivity (Wildman–Crippen MR) is 66.8 cm³/mol. The molecule has 114 valence electrons. The van der Waals surface area contributed by atoms with E-state index >= 15 is 0 Å². The average Bonchev–Trinajstić information content (AvgIpc) is 2.48. The molecule has 0 aliphatic carbocycles. The maximum absolute atomic E-state index is 13.2. The summed E-state index contributed by atoms with van der Waals surface area (Å²) in [7, 11) is 0. The fourth-order valence-corrected chi connectivity index (χ4v) is 2.04. The molecule has 0 spiro atoms. The summed E-state index contributed by atoms with van der Waals surface area (Å²) >= 11 is 0. The molecule has 1 heterocycles. The van der Waals surface area contributed by atoms with Crippen molar-refractivity contribution in [3.8, 4) is 0 Å². The maximum Gasteiger partial charge on any atom is 0.345 e. The smallest absolute Gasteiger partial charge is 0.345 e. The van der Waals surface area contributed by atoms with Crippen LogP contribution in [0, 0.1) is 27.7 Å². The van der Waals surface area contributed by atoms with E-state index in [4.69, 9.17) is 9.47 Å². The molecule has 2 rings (SSSR count). The standard InChI is InChI=1S/C13H13F2NO5/c14-10-5-9(12(16(18)19)6-11(10)15)13(17)21-7-8-1-3-20-4-2-8/h5-6,8H,1-4,7H2. The summed E-state index contributed by atoms with van der Waals surface area (Å²) in [6.45, 7) is 1.19. The Balaban J connectivity index is 2.10. The number of carbonyl (C=O) groups excluding carboxylic acids is 1. The third-order valence-corrected chi connectivity index (χ3v) is 3.25. The number of hydrogen-bond donors (Lipinski definition) is 0. The lowest BCUT2D eigenvalue weighted by molar-refractivity contribution is -0.385. The van der Waals surface area contributed by atoms with Gasteiger partial charge in [-0.25, -0.2) is 13.6 Å². The molecular formula is C13H13F2NO5. The highest BCUT2D eigenvalue weighted by molar-refractivity contribution is 5.93. The molecule has 8 heteroatoms. The average molecular weight is 301 g/mol. The molecular weight excluding hydrogens is 288 g/mol. The molecule has 0 radical (unpaired) electrons. The Morgan fingerprint density at radius 2 is 1.95 bits per heavy atom. The van der Waals surface area contributed by atoms with E-state index in [0.29, 0.717) is 38.2 Å². The van der Waals surface area contributed by atoms with E-state index in [1.807, 2.05) is 0 Å². The van der Waals surface area contributed by atoms with Crippen molar-refractivity contribution in [2.24, 2.45) is 5.92 Å². The van der Waals surface area contributed by atoms with Crippen LogP contribution in [-0.4, -0.2) is 30.7 Å². The number of hydrogen-bond acceptors (Lipinski definition) is 5. The third-order valence-electron chi connectivity index (χ3n) is 3.25. The fraction of sp³-hybridized carbons (Fsp3) is 0.462. The summed E-state index contributed by atoms with van der Waals surface area (Å²) < 4.78 is 36.3. The first-order chi connectivity index (χ1) is 9.99. The number of halogens is 2. The van der Waals surface area contributed by atoms with Crippen LogP contribution in [0.4, 0.5) is 14.5 Å². The van der Waals surface area contributed by atoms with E-state index in [-0.39, 0.29) is 12.5 Å². The molecule has 0 atom stereocenters. The zero-order chi connectivity index (χ0) is 15.4. The number of benzene rings is 1. The summed E-state index contributed by atoms with van der Waals surface area (Å²) in [6, 6.07) is 0.861. The zero-order valence-corrected chi connectivity index (χ0v) is 11.0. The van der Waals surface area contributed by atoms with Gasteiger partial charge < -0.3 is 9.47 Å². The summed E-state index contributed by atoms with van der Waals surface area (Å²) in [5.74, 6) is -3.65. The lowest BCUT2D eigenvalue weighted by Gasteiger charge is -2.21. The van der Waals surface area contributed by atoms with E-state index in [9.17, 15) is 23.7 Å². The zero-order valence-electron chi connectivity index (χ0n) is 11.0. The number of carbonyl (C=O) groups is 1. The Labute approximate surface area is 118 Å². The minimum atomic E-state index is -1.39. The number of ether oxygens (including phenoxy) is 2. The Morgan fingerprint density at radius 3 is 2.57 bits per heavy atom. The summed E-state index contributed by atoms with van der Waals surface area (Å²) in [5, 5.41) is 10.8. The van der Waals surface area contributed by atoms with Crippen LogP contribution in [0.25, 0.3) is 0 Å². The molecule has 1 saturated heterocycles. The topological polar surface area (TPSA) is 78.7 Å². The molecule has 1 aliphatic rings. The molecule has 6 nitrogen and oxygen atoms in total. The number of rotatable bonds is 4. The Morgan fingerprint density at radius 1 is 1.33 bits per heavy atom. The first-order valence-corrected chi connectivity index (χ1v) is 6.37. The Bertz CT molecular complexity index is 558. The summed E-state index contributed by atoms with van der Waals surface area (Å²) in [4.78, 5) is 21.7. The predicted octanol–water partition coefficient (Wildman–Crippen LogP) is 2.46. The molecule has 0 unspecified atom stereocenters. The molecule has 0 saturated carbocycles. The highest BCUT2D eigenvalue weighted by Crippen LogP contribution is 2.24. The first kappa shape index (κ1) is 15.3. The van der Waals surface area contributed by atoms with Crippen LogP contribution in [0.15, 0.2) is 12.1 Å². The summed E-state index contributed by atoms with van der Waals surface area (Å²) in [5.41, 5.74) is -1.41. The van der Waals surface area contributed by atoms with Crippen LogP contribution in [0.2, 0.25) is 0 Å². The van der Waals surface area contributed by atoms with E-state index in [0.717, 1.165) is 0 Å². The van der Waals surface area contributed by atoms with Crippen molar-refractivity contribution in [1.29, 1.82) is 0 Å². The van der Waals surface area contributed by atoms with Crippen LogP contribution in [0.3, 0.4) is 0 Å². The quantitative estimate of drug-likeness (QED) is 0.485. The van der Waals surface area contributed by atoms with Gasteiger partial charge in [-0.2, -0.15) is 0 Å². The van der Waals surface area contributed by atoms with Crippen molar-refractivity contribution in [2.75, 3.05) is 19.8 Å². The molecule has 21 heavy (non-hydrogen) atoms. The largest absolute Gasteiger partial charge is 0.462 e. The van der Waals surface area contributed by atoms with Gasteiger partial charge in [0.15, 0.2) is 11.6 Å². The lowest BCUT2D eigenvalue weighted by atomic mass is 10.0. The monoisotopic (exact) mass is 301 g/mol. The second-order valence-electron chi connectivity index (χ2n) is 4.69. The molecule has 1 fully saturated rings. The number of nitro benzene ring substituents is 1. The number of nitrogens with zero attached hydrogens (tertiary/aromatic N) is 1. The first-order valence-electron chi connectivity index (χ1n) is 6.37. The van der Waals surface area contributed by atoms with Crippen LogP contribution in [-0.2, 0) is 9.47 Å². The van der Waals surface area contributed by atoms with Crippen molar-refractivity contribution in [2.45, 2.75) is 12.8 Å². The lowest BCUT2D eigenvalue weighted by Crippen LogP contribution is -2.22. The Kier molecular flexibility index (Phi) is 4.79. The third kappa shape index (κ3) is 3.72. The van der Waals surface area contributed by atoms with E-state index in [1.54, 1.807) is 0 Å². The second-order valence-corrected chi connectivity index (χ2v) is 4.69. The SMILES string of the molecule is O=C(OCC1CCOCC1)c1cc(F)c(F)cc1[N+](=O)[O-]. The van der Waals surface area contributed by atoms with Gasteiger partial charge in [0.25, 0.3) is 5.69 Å². The number of esters is 1. The van der Waals surface area contributed by atoms with Crippen molar-refractivity contribution >= 4 is 11.7 Å². The minimum absolute atomic E-state index is 0.0678. The van der Waals surface area contributed by atoms with Gasteiger partial charge in [-0.1, -0.05) is 0 Å². The van der Waals surface area contributed by atoms with Gasteiger partial charge in [0.2, 0.25) is 0 Å². The minimum Gasteiger partial charge on any atom is -0.462 e. The normalized spacial score (nSPS) is 15.7. The highest BCUT2D eigenvalue weighted by atomic mass is 19.2. The molecule has 1 aliphatic heterocycles. The maximum atomic E-state index is 13.2. The van der Waals surface area contributed by atoms with Gasteiger partial charge in [-0.3, -0.25) is 10.1 Å². The van der Waals surface area contributed by atoms with Crippen LogP contribution < -0.4 is 0 Å². The molecule has 0 amide bonds. The van der Waals surface area contributed by atoms with Crippen molar-refractivity contribution < 1.29 is 28.0 Å². The van der Waals surface area contributed by atoms with E-state index in [1.165, 1.54) is 0 Å². The fourth-order valence-electron chi connectivity index (χ4n) is 2.04. The van der Waals surface area contributed by atoms with E-state index in [2.05, 4.69) is 0 Å². The van der Waals surface area contributed by atoms with Gasteiger partial charge in [-0.05, 0) is 24.8 Å². The molecule has 1 aromatic rings. The van der Waals surface area contributed by atoms with E-state index < -0.39 is 33.8 Å². The van der Waals surface area contributed by atoms with Crippen molar-refractivity contribution in [3.05, 3.63) is 39.4 Å². The van der Waals surface area contributed by atoms with Gasteiger partial charge in [0.05, 0.1) is 17.6 Å². The number of nitro groups is 1. The Hall–Kier alpha value is -2.09. The van der Waals surface area contributed by atoms with Gasteiger partial charge in [0.1, 0.15) is 5.56 Å². The van der Waals surface area contributed by atoms with Crippen LogP contribution in [0.1, 0.15) is 23.2 Å². The molecule has 0 aromatic heterocycles. The molecule has 1 aromatic carbocycles. The molecule has 0 N–H and O–H groups in total. The van der Waals surface area contributed by atoms with Crippen LogP contribution in [0.5, 0.6) is 0 Å². The highest BCUT2D eigenvalue weighted by Gasteiger charge is 2.26. The van der Waals surface area contributed by atoms with Gasteiger partial charge >= 0.3 is 5.97 Å². The van der Waals surface area contributed by atoms with Gasteiger partial charge in [0, 0.05) is 13.2 Å².